The molecule has 8 heteroatoms. The van der Waals surface area contributed by atoms with Crippen molar-refractivity contribution in [2.24, 2.45) is 0 Å². The van der Waals surface area contributed by atoms with Gasteiger partial charge in [-0.2, -0.15) is 19.6 Å². The van der Waals surface area contributed by atoms with Gasteiger partial charge in [0.05, 0.1) is 10.7 Å². The third kappa shape index (κ3) is 2.51. The second-order valence-electron chi connectivity index (χ2n) is 3.69. The van der Waals surface area contributed by atoms with E-state index in [1.54, 1.807) is 16.6 Å². The van der Waals surface area contributed by atoms with E-state index in [1.807, 2.05) is 12.1 Å². The van der Waals surface area contributed by atoms with Gasteiger partial charge in [-0.1, -0.05) is 39.1 Å². The summed E-state index contributed by atoms with van der Waals surface area (Å²) in [6.07, 6.45) is 1.41. The van der Waals surface area contributed by atoms with Gasteiger partial charge in [-0.05, 0) is 18.2 Å². The van der Waals surface area contributed by atoms with E-state index in [1.165, 1.54) is 6.33 Å². The van der Waals surface area contributed by atoms with Gasteiger partial charge in [0, 0.05) is 10.5 Å². The van der Waals surface area contributed by atoms with Gasteiger partial charge in [0.15, 0.2) is 0 Å². The van der Waals surface area contributed by atoms with Crippen molar-refractivity contribution in [2.45, 2.75) is 0 Å². The number of benzene rings is 1. The summed E-state index contributed by atoms with van der Waals surface area (Å²) in [5.41, 5.74) is 0.732. The average molecular weight is 359 g/mol. The molecule has 0 amide bonds. The summed E-state index contributed by atoms with van der Waals surface area (Å²) < 4.78 is 2.46. The molecule has 0 saturated heterocycles. The van der Waals surface area contributed by atoms with Gasteiger partial charge in [0.25, 0.3) is 5.78 Å². The Kier molecular flexibility index (Phi) is 3.30. The number of nitrogens with one attached hydrogen (secondary N) is 1. The summed E-state index contributed by atoms with van der Waals surface area (Å²) in [6, 6.07) is 7.16. The monoisotopic (exact) mass is 357 g/mol. The van der Waals surface area contributed by atoms with Crippen LogP contribution in [0.2, 0.25) is 10.2 Å². The van der Waals surface area contributed by atoms with Gasteiger partial charge >= 0.3 is 0 Å². The van der Waals surface area contributed by atoms with Crippen molar-refractivity contribution in [2.75, 3.05) is 5.32 Å². The van der Waals surface area contributed by atoms with E-state index in [4.69, 9.17) is 23.2 Å². The highest BCUT2D eigenvalue weighted by Gasteiger charge is 2.08. The number of nitrogens with zero attached hydrogens (tertiary/aromatic N) is 4. The number of aromatic nitrogens is 4. The molecule has 5 nitrogen and oxygen atoms in total. The summed E-state index contributed by atoms with van der Waals surface area (Å²) in [5, 5.41) is 8.15. The quantitative estimate of drug-likeness (QED) is 0.705. The van der Waals surface area contributed by atoms with Gasteiger partial charge in [0.2, 0.25) is 0 Å². The second-order valence-corrected chi connectivity index (χ2v) is 5.40. The van der Waals surface area contributed by atoms with E-state index < -0.39 is 0 Å². The molecule has 19 heavy (non-hydrogen) atoms. The van der Waals surface area contributed by atoms with E-state index in [2.05, 4.69) is 36.3 Å². The average Bonchev–Trinajstić information content (AvgIpc) is 2.82. The van der Waals surface area contributed by atoms with Crippen molar-refractivity contribution in [3.8, 4) is 0 Å². The van der Waals surface area contributed by atoms with Crippen molar-refractivity contribution >= 4 is 56.4 Å². The lowest BCUT2D eigenvalue weighted by atomic mass is 10.3. The van der Waals surface area contributed by atoms with Gasteiger partial charge in [-0.3, -0.25) is 0 Å². The first kappa shape index (κ1) is 12.7. The molecule has 0 bridgehead atoms. The van der Waals surface area contributed by atoms with Crippen LogP contribution in [0.5, 0.6) is 0 Å². The summed E-state index contributed by atoms with van der Waals surface area (Å²) >= 11 is 15.5. The molecule has 0 atom stereocenters. The first-order chi connectivity index (χ1) is 9.13. The molecule has 2 aromatic heterocycles. The van der Waals surface area contributed by atoms with E-state index in [9.17, 15) is 0 Å². The standard InChI is InChI=1S/C11H6BrCl2N5/c12-6-1-2-7(13)8(3-6)17-10-4-9(14)18-11-15-5-16-19(10)11/h1-5,17H. The lowest BCUT2D eigenvalue weighted by molar-refractivity contribution is 0.947. The SMILES string of the molecule is Clc1cc(Nc2cc(Br)ccc2Cl)n2ncnc2n1. The minimum Gasteiger partial charge on any atom is -0.339 e. The third-order valence-corrected chi connectivity index (χ3v) is 3.43. The largest absolute Gasteiger partial charge is 0.339 e. The Balaban J connectivity index is 2.10. The molecule has 2 heterocycles. The molecular formula is C11H6BrCl2N5. The molecule has 0 fully saturated rings. The zero-order valence-electron chi connectivity index (χ0n) is 9.31. The highest BCUT2D eigenvalue weighted by atomic mass is 79.9. The number of hydrogen-bond acceptors (Lipinski definition) is 4. The molecular weight excluding hydrogens is 353 g/mol. The first-order valence-electron chi connectivity index (χ1n) is 5.22. The van der Waals surface area contributed by atoms with E-state index in [-0.39, 0.29) is 0 Å². The summed E-state index contributed by atoms with van der Waals surface area (Å²) in [4.78, 5) is 8.05. The molecule has 0 spiro atoms. The molecule has 96 valence electrons. The molecule has 0 unspecified atom stereocenters. The fourth-order valence-corrected chi connectivity index (χ4v) is 2.31. The topological polar surface area (TPSA) is 55.1 Å². The maximum absolute atomic E-state index is 6.13. The zero-order valence-corrected chi connectivity index (χ0v) is 12.4. The molecule has 0 aliphatic rings. The normalized spacial score (nSPS) is 10.9. The van der Waals surface area contributed by atoms with Gasteiger partial charge < -0.3 is 5.32 Å². The van der Waals surface area contributed by atoms with Gasteiger partial charge in [-0.25, -0.2) is 0 Å². The summed E-state index contributed by atoms with van der Waals surface area (Å²) in [5.74, 6) is 1.05. The molecule has 0 saturated carbocycles. The third-order valence-electron chi connectivity index (χ3n) is 2.41. The van der Waals surface area contributed by atoms with Crippen LogP contribution in [0.3, 0.4) is 0 Å². The first-order valence-corrected chi connectivity index (χ1v) is 6.77. The Morgan fingerprint density at radius 1 is 1.21 bits per heavy atom. The van der Waals surface area contributed by atoms with Crippen molar-refractivity contribution in [3.63, 3.8) is 0 Å². The maximum atomic E-state index is 6.13. The number of halogens is 3. The molecule has 0 aliphatic heterocycles. The molecule has 0 aliphatic carbocycles. The van der Waals surface area contributed by atoms with Crippen molar-refractivity contribution in [1.29, 1.82) is 0 Å². The Morgan fingerprint density at radius 3 is 2.89 bits per heavy atom. The molecule has 1 N–H and O–H groups in total. The van der Waals surface area contributed by atoms with Crippen LogP contribution in [0.4, 0.5) is 11.5 Å². The van der Waals surface area contributed by atoms with Gasteiger partial charge in [-0.15, -0.1) is 0 Å². The zero-order chi connectivity index (χ0) is 13.4. The van der Waals surface area contributed by atoms with E-state index in [0.29, 0.717) is 21.8 Å². The van der Waals surface area contributed by atoms with Crippen LogP contribution >= 0.6 is 39.1 Å². The molecule has 1 aromatic carbocycles. The van der Waals surface area contributed by atoms with Crippen molar-refractivity contribution < 1.29 is 0 Å². The summed E-state index contributed by atoms with van der Waals surface area (Å²) in [7, 11) is 0. The number of fused-ring (bicyclic) bond motifs is 1. The number of rotatable bonds is 2. The van der Waals surface area contributed by atoms with E-state index in [0.717, 1.165) is 10.2 Å². The van der Waals surface area contributed by atoms with Crippen molar-refractivity contribution in [1.82, 2.24) is 19.6 Å². The van der Waals surface area contributed by atoms with Crippen LogP contribution in [0.15, 0.2) is 35.1 Å². The van der Waals surface area contributed by atoms with Gasteiger partial charge in [0.1, 0.15) is 17.3 Å². The number of anilines is 2. The fraction of sp³-hybridized carbons (Fsp3) is 0. The van der Waals surface area contributed by atoms with E-state index >= 15 is 0 Å². The number of hydrogen-bond donors (Lipinski definition) is 1. The molecule has 0 radical (unpaired) electrons. The minimum absolute atomic E-state index is 0.328. The second kappa shape index (κ2) is 4.96. The van der Waals surface area contributed by atoms with Crippen LogP contribution in [0.1, 0.15) is 0 Å². The lowest BCUT2D eigenvalue weighted by Crippen LogP contribution is -2.02. The van der Waals surface area contributed by atoms with Crippen LogP contribution in [-0.2, 0) is 0 Å². The van der Waals surface area contributed by atoms with Crippen LogP contribution in [0.25, 0.3) is 5.78 Å². The highest BCUT2D eigenvalue weighted by Crippen LogP contribution is 2.29. The maximum Gasteiger partial charge on any atom is 0.255 e. The predicted octanol–water partition coefficient (Wildman–Crippen LogP) is 3.94. The summed E-state index contributed by atoms with van der Waals surface area (Å²) in [6.45, 7) is 0. The Bertz CT molecular complexity index is 758. The predicted molar refractivity (Wildman–Crippen MR) is 78.2 cm³/mol. The smallest absolute Gasteiger partial charge is 0.255 e. The Labute approximate surface area is 126 Å². The van der Waals surface area contributed by atoms with Crippen LogP contribution in [-0.4, -0.2) is 19.6 Å². The Morgan fingerprint density at radius 2 is 2.05 bits per heavy atom. The molecule has 3 rings (SSSR count). The van der Waals surface area contributed by atoms with Crippen LogP contribution < -0.4 is 5.32 Å². The fourth-order valence-electron chi connectivity index (χ4n) is 1.60. The Hall–Kier alpha value is -1.37. The minimum atomic E-state index is 0.328. The van der Waals surface area contributed by atoms with Crippen molar-refractivity contribution in [3.05, 3.63) is 45.2 Å². The lowest BCUT2D eigenvalue weighted by Gasteiger charge is -2.10. The van der Waals surface area contributed by atoms with Crippen LogP contribution in [0, 0.1) is 0 Å². The highest BCUT2D eigenvalue weighted by molar-refractivity contribution is 9.10. The molecule has 3 aromatic rings.